The maximum atomic E-state index is 12.7. The third-order valence-electron chi connectivity index (χ3n) is 5.15. The van der Waals surface area contributed by atoms with E-state index in [4.69, 9.17) is 11.6 Å². The lowest BCUT2D eigenvalue weighted by atomic mass is 9.88. The third-order valence-corrected chi connectivity index (χ3v) is 6.38. The average molecular weight is 341 g/mol. The Kier molecular flexibility index (Phi) is 5.42. The molecule has 0 aromatic carbocycles. The molecular weight excluding hydrogens is 316 g/mol. The molecule has 5 heteroatoms. The molecule has 3 nitrogen and oxygen atoms in total. The molecule has 1 amide bonds. The van der Waals surface area contributed by atoms with Crippen molar-refractivity contribution in [2.75, 3.05) is 20.1 Å². The lowest BCUT2D eigenvalue weighted by Crippen LogP contribution is -2.53. The number of carbonyl (C=O) groups is 1. The normalized spacial score (nSPS) is 26.3. The fourth-order valence-electron chi connectivity index (χ4n) is 3.95. The van der Waals surface area contributed by atoms with Crippen molar-refractivity contribution < 1.29 is 4.79 Å². The molecule has 0 N–H and O–H groups in total. The van der Waals surface area contributed by atoms with Crippen molar-refractivity contribution in [3.63, 3.8) is 0 Å². The highest BCUT2D eigenvalue weighted by molar-refractivity contribution is 7.16. The van der Waals surface area contributed by atoms with Gasteiger partial charge in [-0.2, -0.15) is 0 Å². The van der Waals surface area contributed by atoms with E-state index >= 15 is 0 Å². The number of rotatable bonds is 4. The summed E-state index contributed by atoms with van der Waals surface area (Å²) in [4.78, 5) is 18.4. The Balaban J connectivity index is 1.65. The molecule has 1 saturated heterocycles. The van der Waals surface area contributed by atoms with Crippen LogP contribution in [0.4, 0.5) is 0 Å². The van der Waals surface area contributed by atoms with Crippen molar-refractivity contribution in [3.05, 3.63) is 21.3 Å². The fourth-order valence-corrected chi connectivity index (χ4v) is 5.03. The van der Waals surface area contributed by atoms with Crippen LogP contribution in [0.5, 0.6) is 0 Å². The van der Waals surface area contributed by atoms with Crippen molar-refractivity contribution in [2.24, 2.45) is 0 Å². The lowest BCUT2D eigenvalue weighted by Gasteiger charge is -2.42. The summed E-state index contributed by atoms with van der Waals surface area (Å²) in [6.45, 7) is 2.42. The van der Waals surface area contributed by atoms with Gasteiger partial charge in [0.2, 0.25) is 5.91 Å². The number of likely N-dealkylation sites (tertiary alicyclic amines) is 1. The number of likely N-dealkylation sites (N-methyl/N-ethyl adjacent to an activating group) is 1. The van der Waals surface area contributed by atoms with Gasteiger partial charge in [-0.05, 0) is 50.9 Å². The molecule has 0 radical (unpaired) electrons. The van der Waals surface area contributed by atoms with E-state index in [-0.39, 0.29) is 5.91 Å². The molecule has 0 spiro atoms. The van der Waals surface area contributed by atoms with Gasteiger partial charge in [-0.25, -0.2) is 0 Å². The molecule has 1 aromatic rings. The topological polar surface area (TPSA) is 23.6 Å². The van der Waals surface area contributed by atoms with Crippen LogP contribution in [-0.2, 0) is 11.2 Å². The lowest BCUT2D eigenvalue weighted by molar-refractivity contribution is -0.133. The molecule has 22 heavy (non-hydrogen) atoms. The van der Waals surface area contributed by atoms with Gasteiger partial charge in [0.1, 0.15) is 0 Å². The highest BCUT2D eigenvalue weighted by Gasteiger charge is 2.35. The second kappa shape index (κ2) is 7.33. The quantitative estimate of drug-likeness (QED) is 0.832. The minimum Gasteiger partial charge on any atom is -0.341 e. The SMILES string of the molecule is CN(C(=O)Cc1ccc(Cl)s1)C1CCCCC1N1CCCC1. The minimum absolute atomic E-state index is 0.231. The Hall–Kier alpha value is -0.580. The summed E-state index contributed by atoms with van der Waals surface area (Å²) >= 11 is 7.48. The zero-order valence-electron chi connectivity index (χ0n) is 13.3. The second-order valence-corrected chi connectivity index (χ2v) is 8.35. The maximum Gasteiger partial charge on any atom is 0.227 e. The van der Waals surface area contributed by atoms with Crippen LogP contribution < -0.4 is 0 Å². The van der Waals surface area contributed by atoms with Crippen LogP contribution in [0.2, 0.25) is 4.34 Å². The molecule has 2 atom stereocenters. The zero-order valence-corrected chi connectivity index (χ0v) is 14.8. The van der Waals surface area contributed by atoms with Crippen molar-refractivity contribution in [2.45, 2.75) is 57.0 Å². The summed E-state index contributed by atoms with van der Waals surface area (Å²) in [6.07, 6.45) is 8.06. The van der Waals surface area contributed by atoms with Gasteiger partial charge in [-0.15, -0.1) is 11.3 Å². The van der Waals surface area contributed by atoms with E-state index in [0.29, 0.717) is 18.5 Å². The van der Waals surface area contributed by atoms with Gasteiger partial charge in [0.05, 0.1) is 10.8 Å². The number of hydrogen-bond donors (Lipinski definition) is 0. The molecule has 0 bridgehead atoms. The van der Waals surface area contributed by atoms with Gasteiger partial charge in [0.25, 0.3) is 0 Å². The standard InChI is InChI=1S/C17H25ClN2OS/c1-19(17(21)12-13-8-9-16(18)22-13)14-6-2-3-7-15(14)20-10-4-5-11-20/h8-9,14-15H,2-7,10-12H2,1H3. The third kappa shape index (κ3) is 3.66. The number of halogens is 1. The largest absolute Gasteiger partial charge is 0.341 e. The van der Waals surface area contributed by atoms with Gasteiger partial charge in [0, 0.05) is 24.0 Å². The fraction of sp³-hybridized carbons (Fsp3) is 0.706. The van der Waals surface area contributed by atoms with Crippen LogP contribution in [0.3, 0.4) is 0 Å². The number of carbonyl (C=O) groups excluding carboxylic acids is 1. The Labute approximate surface area is 142 Å². The van der Waals surface area contributed by atoms with Gasteiger partial charge < -0.3 is 4.90 Å². The first-order chi connectivity index (χ1) is 10.6. The van der Waals surface area contributed by atoms with Gasteiger partial charge >= 0.3 is 0 Å². The van der Waals surface area contributed by atoms with Gasteiger partial charge in [-0.3, -0.25) is 9.69 Å². The predicted molar refractivity (Wildman–Crippen MR) is 92.7 cm³/mol. The summed E-state index contributed by atoms with van der Waals surface area (Å²) in [5.74, 6) is 0.231. The van der Waals surface area contributed by atoms with Gasteiger partial charge in [0.15, 0.2) is 0 Å². The van der Waals surface area contributed by atoms with Crippen molar-refractivity contribution >= 4 is 28.8 Å². The van der Waals surface area contributed by atoms with E-state index < -0.39 is 0 Å². The van der Waals surface area contributed by atoms with Crippen LogP contribution in [0.15, 0.2) is 12.1 Å². The summed E-state index contributed by atoms with van der Waals surface area (Å²) in [6, 6.07) is 4.80. The molecule has 2 heterocycles. The van der Waals surface area contributed by atoms with E-state index in [2.05, 4.69) is 4.90 Å². The van der Waals surface area contributed by atoms with E-state index in [0.717, 1.165) is 15.6 Å². The van der Waals surface area contributed by atoms with Crippen LogP contribution in [0.1, 0.15) is 43.4 Å². The first kappa shape index (κ1) is 16.3. The predicted octanol–water partition coefficient (Wildman–Crippen LogP) is 3.81. The second-order valence-electron chi connectivity index (χ2n) is 6.55. The van der Waals surface area contributed by atoms with Crippen LogP contribution >= 0.6 is 22.9 Å². The molecule has 1 aliphatic heterocycles. The first-order valence-electron chi connectivity index (χ1n) is 8.39. The molecule has 1 saturated carbocycles. The minimum atomic E-state index is 0.231. The molecule has 2 aliphatic rings. The molecule has 122 valence electrons. The van der Waals surface area contributed by atoms with Crippen LogP contribution in [-0.4, -0.2) is 47.9 Å². The van der Waals surface area contributed by atoms with Crippen molar-refractivity contribution in [3.8, 4) is 0 Å². The smallest absolute Gasteiger partial charge is 0.227 e. The molecule has 1 aliphatic carbocycles. The average Bonchev–Trinajstić information content (AvgIpc) is 3.18. The molecule has 2 unspecified atom stereocenters. The summed E-state index contributed by atoms with van der Waals surface area (Å²) in [5, 5.41) is 0. The first-order valence-corrected chi connectivity index (χ1v) is 9.58. The number of amides is 1. The van der Waals surface area contributed by atoms with Crippen LogP contribution in [0.25, 0.3) is 0 Å². The Bertz CT molecular complexity index is 513. The molecule has 2 fully saturated rings. The highest BCUT2D eigenvalue weighted by atomic mass is 35.5. The Morgan fingerprint density at radius 3 is 2.68 bits per heavy atom. The van der Waals surface area contributed by atoms with E-state index in [1.165, 1.54) is 56.5 Å². The molecule has 3 rings (SSSR count). The summed E-state index contributed by atoms with van der Waals surface area (Å²) in [7, 11) is 2.00. The summed E-state index contributed by atoms with van der Waals surface area (Å²) < 4.78 is 0.762. The monoisotopic (exact) mass is 340 g/mol. The van der Waals surface area contributed by atoms with Crippen molar-refractivity contribution in [1.29, 1.82) is 0 Å². The van der Waals surface area contributed by atoms with Crippen LogP contribution in [0, 0.1) is 0 Å². The van der Waals surface area contributed by atoms with E-state index in [1.807, 2.05) is 24.1 Å². The number of hydrogen-bond acceptors (Lipinski definition) is 3. The van der Waals surface area contributed by atoms with E-state index in [1.54, 1.807) is 0 Å². The molecule has 1 aromatic heterocycles. The summed E-state index contributed by atoms with van der Waals surface area (Å²) in [5.41, 5.74) is 0. The Morgan fingerprint density at radius 1 is 1.27 bits per heavy atom. The number of thiophene rings is 1. The maximum absolute atomic E-state index is 12.7. The van der Waals surface area contributed by atoms with Gasteiger partial charge in [-0.1, -0.05) is 24.4 Å². The van der Waals surface area contributed by atoms with E-state index in [9.17, 15) is 4.79 Å². The number of nitrogens with zero attached hydrogens (tertiary/aromatic N) is 2. The zero-order chi connectivity index (χ0) is 15.5. The highest BCUT2D eigenvalue weighted by Crippen LogP contribution is 2.30. The Morgan fingerprint density at radius 2 is 2.00 bits per heavy atom. The molecular formula is C17H25ClN2OS. The van der Waals surface area contributed by atoms with Crippen molar-refractivity contribution in [1.82, 2.24) is 9.80 Å².